The minimum absolute atomic E-state index is 0.00507. The monoisotopic (exact) mass is 1800 g/mol. The van der Waals surface area contributed by atoms with Crippen molar-refractivity contribution in [3.63, 3.8) is 0 Å². The molecule has 0 aliphatic carbocycles. The van der Waals surface area contributed by atoms with Crippen molar-refractivity contribution in [2.75, 3.05) is 116 Å². The predicted molar refractivity (Wildman–Crippen MR) is 467 cm³/mol. The van der Waals surface area contributed by atoms with Crippen molar-refractivity contribution >= 4 is 226 Å². The lowest BCUT2D eigenvalue weighted by Crippen LogP contribution is -2.36. The molecule has 14 heterocycles. The number of amides is 1. The highest BCUT2D eigenvalue weighted by Gasteiger charge is 2.34. The fraction of sp³-hybridized carbons (Fsp3) is 0.291. The van der Waals surface area contributed by atoms with Crippen LogP contribution in [-0.2, 0) is 30.4 Å². The number of nitrogens with zero attached hydrogens (tertiary/aromatic N) is 13. The third kappa shape index (κ3) is 16.5. The van der Waals surface area contributed by atoms with Crippen LogP contribution in [0, 0.1) is 11.3 Å². The number of carbonyl (C=O) groups excluding carboxylic acids is 1. The average molecular weight is 1800 g/mol. The molecule has 116 heavy (non-hydrogen) atoms. The van der Waals surface area contributed by atoms with Gasteiger partial charge in [-0.25, -0.2) is 48.7 Å². The van der Waals surface area contributed by atoms with Crippen molar-refractivity contribution in [3.8, 4) is 74.1 Å². The third-order valence-corrected chi connectivity index (χ3v) is 26.5. The number of rotatable bonds is 15. The van der Waals surface area contributed by atoms with Crippen molar-refractivity contribution in [2.24, 2.45) is 0 Å². The molecule has 37 heteroatoms. The van der Waals surface area contributed by atoms with E-state index in [1.807, 2.05) is 18.0 Å². The number of alkyl halides is 2. The van der Waals surface area contributed by atoms with Gasteiger partial charge in [0.25, 0.3) is 11.8 Å². The number of nitrogen functional groups attached to an aromatic ring is 4. The number of nitriles is 1. The summed E-state index contributed by atoms with van der Waals surface area (Å²) in [6.07, 6.45) is 5.55. The molecule has 0 saturated carbocycles. The van der Waals surface area contributed by atoms with E-state index >= 15 is 0 Å². The lowest BCUT2D eigenvalue weighted by Gasteiger charge is -2.29. The minimum Gasteiger partial charge on any atom is -0.491 e. The summed E-state index contributed by atoms with van der Waals surface area (Å²) >= 11 is 57.2. The van der Waals surface area contributed by atoms with E-state index in [2.05, 4.69) is 87.6 Å². The second-order valence-electron chi connectivity index (χ2n) is 27.7. The van der Waals surface area contributed by atoms with Crippen LogP contribution in [0.4, 0.5) is 32.6 Å². The summed E-state index contributed by atoms with van der Waals surface area (Å²) in [6, 6.07) is 16.5. The van der Waals surface area contributed by atoms with Crippen molar-refractivity contribution < 1.29 is 37.3 Å². The number of aromatic nitrogens is 8. The molecule has 6 aliphatic heterocycles. The van der Waals surface area contributed by atoms with Crippen LogP contribution >= 0.6 is 138 Å². The summed E-state index contributed by atoms with van der Waals surface area (Å²) in [5.41, 5.74) is 36.0. The van der Waals surface area contributed by atoms with Crippen LogP contribution < -0.4 is 41.9 Å². The van der Waals surface area contributed by atoms with Crippen LogP contribution in [0.15, 0.2) is 68.3 Å². The van der Waals surface area contributed by atoms with Crippen LogP contribution in [0.2, 0.25) is 40.2 Å². The van der Waals surface area contributed by atoms with Gasteiger partial charge in [0.05, 0.1) is 141 Å². The van der Waals surface area contributed by atoms with E-state index in [1.165, 1.54) is 31.2 Å². The van der Waals surface area contributed by atoms with Crippen LogP contribution in [-0.4, -0.2) is 164 Å². The molecule has 0 atom stereocenters. The predicted octanol–water partition coefficient (Wildman–Crippen LogP) is 19.6. The maximum Gasteiger partial charge on any atom is 0.263 e. The highest BCUT2D eigenvalue weighted by molar-refractivity contribution is 7.21. The fourth-order valence-electron chi connectivity index (χ4n) is 14.6. The van der Waals surface area contributed by atoms with Gasteiger partial charge in [0.15, 0.2) is 0 Å². The molecule has 8 N–H and O–H groups in total. The second-order valence-corrected chi connectivity index (χ2v) is 35.1. The number of hydrogen-bond donors (Lipinski definition) is 4. The fourth-order valence-corrected chi connectivity index (χ4v) is 21.4. The van der Waals surface area contributed by atoms with Gasteiger partial charge in [0.1, 0.15) is 42.3 Å². The maximum absolute atomic E-state index is 13.3. The molecule has 0 spiro atoms. The van der Waals surface area contributed by atoms with Gasteiger partial charge in [-0.05, 0) is 61.4 Å². The van der Waals surface area contributed by atoms with Crippen molar-refractivity contribution in [3.05, 3.63) is 150 Å². The first-order chi connectivity index (χ1) is 55.5. The molecule has 0 radical (unpaired) electrons. The number of anilines is 4. The molecule has 1 amide bonds. The Bertz CT molecular complexity index is 6080. The van der Waals surface area contributed by atoms with Gasteiger partial charge in [-0.15, -0.1) is 45.3 Å². The Hall–Kier alpha value is -8.84. The molecule has 12 aromatic rings. The Kier molecular flexibility index (Phi) is 24.0. The van der Waals surface area contributed by atoms with E-state index in [-0.39, 0.29) is 28.7 Å². The van der Waals surface area contributed by atoms with E-state index in [0.29, 0.717) is 168 Å². The van der Waals surface area contributed by atoms with Crippen LogP contribution in [0.3, 0.4) is 0 Å². The SMILES string of the molecule is C=C(c1cc2c(-c3c(Cl)cc(Cl)c4c3CCO4)nc(N)nc2s1)N(C)CCC#N.C=C(c1cc2c(-c3c(Cl)cc(Cl)c4c3CCO4)nc(N)nc2s1)N1CCCC1.C=C(c1cc2c(-c3c(Cl)cc(Cl)c4c3CCO4)nc(N)nc2s1)N1CCOCC1.CN(CC(C)(F)F)C(=O)c1cc2c(-c3c(Cl)cc(Cl)c4c3CCO4)nc(N)nc2s1. The van der Waals surface area contributed by atoms with E-state index < -0.39 is 18.4 Å². The average Bonchev–Trinajstić information content (AvgIpc) is 1.56. The molecule has 18 rings (SSSR count). The molecule has 6 aliphatic rings. The number of halogens is 10. The summed E-state index contributed by atoms with van der Waals surface area (Å²) in [4.78, 5) is 61.8. The smallest absolute Gasteiger partial charge is 0.263 e. The number of hydrogen-bond acceptors (Lipinski definition) is 26. The van der Waals surface area contributed by atoms with Gasteiger partial charge in [0, 0.05) is 163 Å². The first-order valence-corrected chi connectivity index (χ1v) is 42.5. The summed E-state index contributed by atoms with van der Waals surface area (Å²) in [7, 11) is 3.23. The van der Waals surface area contributed by atoms with Gasteiger partial charge >= 0.3 is 0 Å². The van der Waals surface area contributed by atoms with Gasteiger partial charge in [-0.3, -0.25) is 4.79 Å². The molecular formula is C79H69Cl8F2N17O6S4. The number of nitrogens with two attached hydrogens (primary N) is 4. The van der Waals surface area contributed by atoms with Crippen LogP contribution in [0.1, 0.15) is 72.7 Å². The van der Waals surface area contributed by atoms with Gasteiger partial charge in [0.2, 0.25) is 23.8 Å². The van der Waals surface area contributed by atoms with Crippen molar-refractivity contribution in [2.45, 2.75) is 57.8 Å². The number of thiophene rings is 4. The lowest BCUT2D eigenvalue weighted by molar-refractivity contribution is -0.00544. The Morgan fingerprint density at radius 1 is 0.474 bits per heavy atom. The molecule has 2 saturated heterocycles. The van der Waals surface area contributed by atoms with E-state index in [4.69, 9.17) is 145 Å². The lowest BCUT2D eigenvalue weighted by atomic mass is 10.00. The first-order valence-electron chi connectivity index (χ1n) is 36.2. The van der Waals surface area contributed by atoms with Gasteiger partial charge in [-0.2, -0.15) is 5.26 Å². The highest BCUT2D eigenvalue weighted by atomic mass is 35.5. The topological polar surface area (TPSA) is 307 Å². The number of morpholine rings is 1. The first kappa shape index (κ1) is 82.3. The molecule has 0 bridgehead atoms. The zero-order chi connectivity index (χ0) is 82.0. The molecule has 23 nitrogen and oxygen atoms in total. The quantitative estimate of drug-likeness (QED) is 0.0741. The van der Waals surface area contributed by atoms with Crippen molar-refractivity contribution in [1.29, 1.82) is 5.26 Å². The van der Waals surface area contributed by atoms with Crippen molar-refractivity contribution in [1.82, 2.24) is 59.5 Å². The molecule has 8 aromatic heterocycles. The Morgan fingerprint density at radius 3 is 1.12 bits per heavy atom. The number of benzene rings is 4. The van der Waals surface area contributed by atoms with Gasteiger partial charge in [-0.1, -0.05) is 113 Å². The summed E-state index contributed by atoms with van der Waals surface area (Å²) in [5.74, 6) is -0.405. The molecule has 600 valence electrons. The van der Waals surface area contributed by atoms with Crippen LogP contribution in [0.5, 0.6) is 23.0 Å². The maximum atomic E-state index is 13.3. The number of ether oxygens (including phenoxy) is 5. The third-order valence-electron chi connectivity index (χ3n) is 19.9. The second kappa shape index (κ2) is 33.9. The molecule has 2 fully saturated rings. The highest BCUT2D eigenvalue weighted by Crippen LogP contribution is 2.52. The minimum atomic E-state index is -3.01. The zero-order valence-corrected chi connectivity index (χ0v) is 71.5. The molecule has 4 aromatic carbocycles. The summed E-state index contributed by atoms with van der Waals surface area (Å²) in [6.45, 7) is 20.7. The van der Waals surface area contributed by atoms with E-state index in [0.717, 1.165) is 163 Å². The standard InChI is InChI=1S/C20H17Cl2N5OS.C20H18Cl2N4O2S.C20H18Cl2N4OS.C19H16Cl2F2N4O2S/c1-10(27(2)6-3-5-23)15-8-12-17(25-20(24)26-19(12)29-15)16-11-4-7-28-18(11)14(22)9-13(16)21;1-10(26-3-6-27-7-4-26)15-8-12-17(24-20(23)25-19(12)29-15)16-11-2-5-28-18(11)14(22)9-13(16)21;1-10(26-5-2-3-6-26)15-8-12-17(24-20(23)25-19(12)28-15)16-11-4-7-27-18(11)14(22)9-13(16)21;1-19(22,23)7-27(2)17(28)12-5-9-14(25-18(24)26-16(9)30-12)13-8-3-4-29-15(8)11(21)6-10(13)20/h8-9H,1,3-4,6-7H2,2H3,(H2,24,25,26);8-9H,1-7H2,(H2,23,24,25);8-9H,1-7H2,(H2,23,24,25);5-6H,3-4,7H2,1-2H3,(H2,24,25,26). The normalized spacial score (nSPS) is 14.4. The largest absolute Gasteiger partial charge is 0.491 e. The number of likely N-dealkylation sites (tertiary alicyclic amines) is 1. The Morgan fingerprint density at radius 2 is 0.784 bits per heavy atom. The number of fused-ring (bicyclic) bond motifs is 8. The summed E-state index contributed by atoms with van der Waals surface area (Å²) < 4.78 is 54.8. The molecule has 0 unspecified atom stereocenters. The van der Waals surface area contributed by atoms with Crippen LogP contribution in [0.25, 0.3) is 103 Å². The Balaban J connectivity index is 0.000000121. The molecular weight excluding hydrogens is 1730 g/mol. The van der Waals surface area contributed by atoms with Gasteiger partial charge < -0.3 is 66.2 Å². The van der Waals surface area contributed by atoms with E-state index in [9.17, 15) is 13.6 Å². The number of carbonyl (C=O) groups is 1. The Labute approximate surface area is 719 Å². The zero-order valence-electron chi connectivity index (χ0n) is 62.2. The van der Waals surface area contributed by atoms with E-state index in [1.54, 1.807) is 53.0 Å². The summed E-state index contributed by atoms with van der Waals surface area (Å²) in [5, 5.41) is 15.9.